The number of rotatable bonds is 8. The van der Waals surface area contributed by atoms with Gasteiger partial charge in [-0.05, 0) is 35.7 Å². The lowest BCUT2D eigenvalue weighted by molar-refractivity contribution is -0.130. The number of carbonyl (C=O) groups excluding carboxylic acids is 1. The van der Waals surface area contributed by atoms with Gasteiger partial charge in [0.25, 0.3) is 5.56 Å². The summed E-state index contributed by atoms with van der Waals surface area (Å²) in [6.07, 6.45) is 0.382. The molecule has 4 aromatic rings. The molecule has 1 saturated heterocycles. The van der Waals surface area contributed by atoms with E-state index in [0.29, 0.717) is 35.9 Å². The summed E-state index contributed by atoms with van der Waals surface area (Å²) < 4.78 is 14.8. The highest BCUT2D eigenvalue weighted by Crippen LogP contribution is 2.29. The average molecular weight is 557 g/mol. The summed E-state index contributed by atoms with van der Waals surface area (Å²) >= 11 is 1.29. The third-order valence-corrected chi connectivity index (χ3v) is 8.45. The van der Waals surface area contributed by atoms with E-state index in [1.54, 1.807) is 26.1 Å². The molecule has 1 amide bonds. The van der Waals surface area contributed by atoms with Crippen molar-refractivity contribution in [1.82, 2.24) is 19.4 Å². The smallest absolute Gasteiger partial charge is 0.257 e. The Hall–Kier alpha value is -3.75. The van der Waals surface area contributed by atoms with Crippen LogP contribution in [-0.2, 0) is 18.3 Å². The fourth-order valence-corrected chi connectivity index (χ4v) is 6.11. The lowest BCUT2D eigenvalue weighted by atomic mass is 9.96. The minimum absolute atomic E-state index is 0.0444. The van der Waals surface area contributed by atoms with Crippen LogP contribution in [0.25, 0.3) is 0 Å². The summed E-state index contributed by atoms with van der Waals surface area (Å²) in [5.74, 6) is -0.0443. The number of amides is 1. The maximum atomic E-state index is 13.3. The SMILES string of the molecule is Cc1nc(SCC(=O)N2CCN(C(c3ccccc3)c3ccccc3)CC2)n(C)c(=O)c1Cc1ccc(F)cc1. The zero-order valence-electron chi connectivity index (χ0n) is 22.8. The van der Waals surface area contributed by atoms with Gasteiger partial charge in [-0.15, -0.1) is 0 Å². The van der Waals surface area contributed by atoms with E-state index in [1.807, 2.05) is 17.0 Å². The van der Waals surface area contributed by atoms with Crippen LogP contribution in [0.4, 0.5) is 4.39 Å². The van der Waals surface area contributed by atoms with E-state index in [9.17, 15) is 14.0 Å². The number of halogens is 1. The summed E-state index contributed by atoms with van der Waals surface area (Å²) in [6, 6.07) is 27.3. The second-order valence-corrected chi connectivity index (χ2v) is 11.0. The highest BCUT2D eigenvalue weighted by Gasteiger charge is 2.28. The van der Waals surface area contributed by atoms with Gasteiger partial charge in [0.1, 0.15) is 5.82 Å². The minimum Gasteiger partial charge on any atom is -0.339 e. The van der Waals surface area contributed by atoms with Gasteiger partial charge in [0.2, 0.25) is 5.91 Å². The number of hydrogen-bond acceptors (Lipinski definition) is 5. The molecular formula is C32H33FN4O2S. The lowest BCUT2D eigenvalue weighted by Crippen LogP contribution is -2.50. The van der Waals surface area contributed by atoms with Crippen molar-refractivity contribution in [3.05, 3.63) is 129 Å². The van der Waals surface area contributed by atoms with Gasteiger partial charge in [-0.3, -0.25) is 19.1 Å². The first-order valence-electron chi connectivity index (χ1n) is 13.5. The van der Waals surface area contributed by atoms with Crippen molar-refractivity contribution in [3.63, 3.8) is 0 Å². The van der Waals surface area contributed by atoms with Crippen LogP contribution < -0.4 is 5.56 Å². The van der Waals surface area contributed by atoms with Crippen molar-refractivity contribution < 1.29 is 9.18 Å². The monoisotopic (exact) mass is 556 g/mol. The maximum absolute atomic E-state index is 13.3. The zero-order chi connectivity index (χ0) is 28.1. The maximum Gasteiger partial charge on any atom is 0.257 e. The van der Waals surface area contributed by atoms with Crippen molar-refractivity contribution >= 4 is 17.7 Å². The van der Waals surface area contributed by atoms with Gasteiger partial charge >= 0.3 is 0 Å². The van der Waals surface area contributed by atoms with Gasteiger partial charge in [0.15, 0.2) is 5.16 Å². The van der Waals surface area contributed by atoms with E-state index in [0.717, 1.165) is 18.7 Å². The molecule has 0 radical (unpaired) electrons. The van der Waals surface area contributed by atoms with Gasteiger partial charge < -0.3 is 4.90 Å². The number of aryl methyl sites for hydroxylation is 1. The fraction of sp³-hybridized carbons (Fsp3) is 0.281. The second-order valence-electron chi connectivity index (χ2n) is 10.1. The molecule has 206 valence electrons. The second kappa shape index (κ2) is 12.6. The summed E-state index contributed by atoms with van der Waals surface area (Å²) in [5, 5.41) is 0.519. The summed E-state index contributed by atoms with van der Waals surface area (Å²) in [5.41, 5.74) is 4.40. The Morgan fingerprint density at radius 3 is 2.05 bits per heavy atom. The highest BCUT2D eigenvalue weighted by molar-refractivity contribution is 7.99. The van der Waals surface area contributed by atoms with Crippen molar-refractivity contribution in [2.75, 3.05) is 31.9 Å². The molecule has 0 saturated carbocycles. The van der Waals surface area contributed by atoms with Crippen LogP contribution in [-0.4, -0.2) is 57.2 Å². The molecule has 1 aliphatic rings. The van der Waals surface area contributed by atoms with E-state index in [1.165, 1.54) is 39.6 Å². The van der Waals surface area contributed by atoms with E-state index in [4.69, 9.17) is 0 Å². The van der Waals surface area contributed by atoms with Gasteiger partial charge in [-0.25, -0.2) is 9.37 Å². The van der Waals surface area contributed by atoms with Crippen LogP contribution in [0, 0.1) is 12.7 Å². The predicted octanol–water partition coefficient (Wildman–Crippen LogP) is 4.84. The molecule has 40 heavy (non-hydrogen) atoms. The number of nitrogens with zero attached hydrogens (tertiary/aromatic N) is 4. The number of hydrogen-bond donors (Lipinski definition) is 0. The van der Waals surface area contributed by atoms with Crippen LogP contribution in [0.5, 0.6) is 0 Å². The zero-order valence-corrected chi connectivity index (χ0v) is 23.6. The van der Waals surface area contributed by atoms with Crippen LogP contribution in [0.2, 0.25) is 0 Å². The largest absolute Gasteiger partial charge is 0.339 e. The third-order valence-electron chi connectivity index (χ3n) is 7.43. The molecule has 5 rings (SSSR count). The highest BCUT2D eigenvalue weighted by atomic mass is 32.2. The molecule has 2 heterocycles. The van der Waals surface area contributed by atoms with Crippen LogP contribution in [0.15, 0.2) is 94.9 Å². The lowest BCUT2D eigenvalue weighted by Gasteiger charge is -2.39. The predicted molar refractivity (Wildman–Crippen MR) is 157 cm³/mol. The Morgan fingerprint density at radius 1 is 0.900 bits per heavy atom. The summed E-state index contributed by atoms with van der Waals surface area (Å²) in [7, 11) is 1.68. The van der Waals surface area contributed by atoms with Crippen molar-refractivity contribution in [2.24, 2.45) is 7.05 Å². The fourth-order valence-electron chi connectivity index (χ4n) is 5.20. The molecule has 6 nitrogen and oxygen atoms in total. The van der Waals surface area contributed by atoms with Crippen molar-refractivity contribution in [2.45, 2.75) is 24.5 Å². The van der Waals surface area contributed by atoms with Gasteiger partial charge in [-0.2, -0.15) is 0 Å². The van der Waals surface area contributed by atoms with E-state index in [-0.39, 0.29) is 29.1 Å². The normalized spacial score (nSPS) is 14.1. The molecule has 1 fully saturated rings. The summed E-state index contributed by atoms with van der Waals surface area (Å²) in [6.45, 7) is 4.66. The minimum atomic E-state index is -0.309. The summed E-state index contributed by atoms with van der Waals surface area (Å²) in [4.78, 5) is 35.2. The number of piperazine rings is 1. The van der Waals surface area contributed by atoms with Gasteiger partial charge in [0, 0.05) is 50.9 Å². The number of carbonyl (C=O) groups is 1. The van der Waals surface area contributed by atoms with Crippen LogP contribution in [0.3, 0.4) is 0 Å². The first-order valence-corrected chi connectivity index (χ1v) is 14.4. The first kappa shape index (κ1) is 27.8. The molecule has 0 N–H and O–H groups in total. The number of thioether (sulfide) groups is 1. The third kappa shape index (κ3) is 6.35. The Kier molecular flexibility index (Phi) is 8.77. The van der Waals surface area contributed by atoms with Crippen molar-refractivity contribution in [1.29, 1.82) is 0 Å². The average Bonchev–Trinajstić information content (AvgIpc) is 2.99. The molecule has 0 bridgehead atoms. The molecule has 1 aliphatic heterocycles. The number of benzene rings is 3. The Labute approximate surface area is 238 Å². The van der Waals surface area contributed by atoms with Crippen molar-refractivity contribution in [3.8, 4) is 0 Å². The Morgan fingerprint density at radius 2 is 1.48 bits per heavy atom. The topological polar surface area (TPSA) is 58.4 Å². The Bertz CT molecular complexity index is 1460. The van der Waals surface area contributed by atoms with Gasteiger partial charge in [-0.1, -0.05) is 84.6 Å². The van der Waals surface area contributed by atoms with Crippen LogP contribution >= 0.6 is 11.8 Å². The number of aromatic nitrogens is 2. The molecule has 1 aromatic heterocycles. The molecule has 3 aromatic carbocycles. The molecule has 0 atom stereocenters. The quantitative estimate of drug-likeness (QED) is 0.230. The van der Waals surface area contributed by atoms with E-state index in [2.05, 4.69) is 58.4 Å². The van der Waals surface area contributed by atoms with Gasteiger partial charge in [0.05, 0.1) is 11.8 Å². The standard InChI is InChI=1S/C32H33FN4O2S/c1-23-28(21-24-13-15-27(33)16-14-24)31(39)35(2)32(34-23)40-22-29(38)36-17-19-37(20-18-36)30(25-9-5-3-6-10-25)26-11-7-4-8-12-26/h3-16,30H,17-22H2,1-2H3. The molecule has 0 aliphatic carbocycles. The first-order chi connectivity index (χ1) is 19.4. The Balaban J connectivity index is 1.21. The molecule has 0 unspecified atom stereocenters. The molecular weight excluding hydrogens is 523 g/mol. The molecule has 0 spiro atoms. The van der Waals surface area contributed by atoms with E-state index < -0.39 is 0 Å². The van der Waals surface area contributed by atoms with E-state index >= 15 is 0 Å². The molecule has 8 heteroatoms. The van der Waals surface area contributed by atoms with Crippen LogP contribution in [0.1, 0.15) is 34.0 Å².